The number of benzene rings is 2. The number of anilines is 1. The number of thioether (sulfide) groups is 1. The molecule has 2 amide bonds. The van der Waals surface area contributed by atoms with Gasteiger partial charge in [0, 0.05) is 36.8 Å². The maximum absolute atomic E-state index is 13.8. The van der Waals surface area contributed by atoms with Gasteiger partial charge in [-0.2, -0.15) is 8.78 Å². The second-order valence-electron chi connectivity index (χ2n) is 6.50. The lowest BCUT2D eigenvalue weighted by Crippen LogP contribution is -2.50. The van der Waals surface area contributed by atoms with Crippen LogP contribution in [0.1, 0.15) is 10.4 Å². The summed E-state index contributed by atoms with van der Waals surface area (Å²) in [6.45, 7) is 1.95. The number of nitrogens with one attached hydrogen (secondary N) is 1. The van der Waals surface area contributed by atoms with Gasteiger partial charge in [0.1, 0.15) is 5.82 Å². The molecule has 3 rings (SSSR count). The molecule has 2 aromatic rings. The predicted octanol–water partition coefficient (Wildman–Crippen LogP) is 3.54. The molecule has 29 heavy (non-hydrogen) atoms. The van der Waals surface area contributed by atoms with Crippen LogP contribution in [-0.4, -0.2) is 60.1 Å². The molecule has 1 saturated heterocycles. The van der Waals surface area contributed by atoms with Crippen molar-refractivity contribution >= 4 is 29.3 Å². The van der Waals surface area contributed by atoms with Crippen molar-refractivity contribution in [3.05, 3.63) is 59.9 Å². The van der Waals surface area contributed by atoms with E-state index in [9.17, 15) is 22.8 Å². The SMILES string of the molecule is O=C(CN1CCN(C(=O)c2ccccc2F)CC1)Nc1ccc(SC(F)F)cc1. The summed E-state index contributed by atoms with van der Waals surface area (Å²) in [5, 5.41) is 2.73. The molecule has 0 spiro atoms. The summed E-state index contributed by atoms with van der Waals surface area (Å²) in [6.07, 6.45) is 0. The molecule has 0 unspecified atom stereocenters. The molecule has 0 atom stereocenters. The van der Waals surface area contributed by atoms with Crippen molar-refractivity contribution in [2.45, 2.75) is 10.7 Å². The average Bonchev–Trinajstić information content (AvgIpc) is 2.69. The zero-order valence-electron chi connectivity index (χ0n) is 15.5. The molecule has 0 aliphatic carbocycles. The third kappa shape index (κ3) is 5.98. The molecule has 2 aromatic carbocycles. The maximum Gasteiger partial charge on any atom is 0.288 e. The first-order valence-electron chi connectivity index (χ1n) is 9.03. The van der Waals surface area contributed by atoms with Crippen LogP contribution in [0.3, 0.4) is 0 Å². The molecule has 1 fully saturated rings. The Morgan fingerprint density at radius 1 is 1.00 bits per heavy atom. The lowest BCUT2D eigenvalue weighted by Gasteiger charge is -2.34. The Morgan fingerprint density at radius 3 is 2.28 bits per heavy atom. The molecule has 0 bridgehead atoms. The number of alkyl halides is 2. The van der Waals surface area contributed by atoms with Crippen LogP contribution < -0.4 is 5.32 Å². The summed E-state index contributed by atoms with van der Waals surface area (Å²) in [4.78, 5) is 28.5. The highest BCUT2D eigenvalue weighted by molar-refractivity contribution is 7.99. The number of rotatable bonds is 6. The van der Waals surface area contributed by atoms with Gasteiger partial charge in [0.15, 0.2) is 0 Å². The number of hydrogen-bond acceptors (Lipinski definition) is 4. The summed E-state index contributed by atoms with van der Waals surface area (Å²) in [5.74, 6) is -3.61. The van der Waals surface area contributed by atoms with Crippen LogP contribution in [0.4, 0.5) is 18.9 Å². The highest BCUT2D eigenvalue weighted by Gasteiger charge is 2.24. The summed E-state index contributed by atoms with van der Waals surface area (Å²) >= 11 is 0.446. The molecule has 1 aliphatic heterocycles. The molecule has 1 heterocycles. The van der Waals surface area contributed by atoms with Crippen molar-refractivity contribution in [3.63, 3.8) is 0 Å². The molecule has 9 heteroatoms. The van der Waals surface area contributed by atoms with Gasteiger partial charge in [0.25, 0.3) is 11.7 Å². The summed E-state index contributed by atoms with van der Waals surface area (Å²) in [7, 11) is 0. The Balaban J connectivity index is 1.46. The topological polar surface area (TPSA) is 52.7 Å². The van der Waals surface area contributed by atoms with Gasteiger partial charge in [0.05, 0.1) is 12.1 Å². The summed E-state index contributed by atoms with van der Waals surface area (Å²) in [6, 6.07) is 12.1. The predicted molar refractivity (Wildman–Crippen MR) is 106 cm³/mol. The van der Waals surface area contributed by atoms with Crippen molar-refractivity contribution in [1.29, 1.82) is 0 Å². The number of halogens is 3. The second-order valence-corrected chi connectivity index (χ2v) is 7.56. The van der Waals surface area contributed by atoms with E-state index in [2.05, 4.69) is 5.32 Å². The van der Waals surface area contributed by atoms with Gasteiger partial charge < -0.3 is 10.2 Å². The molecule has 5 nitrogen and oxygen atoms in total. The largest absolute Gasteiger partial charge is 0.336 e. The number of hydrogen-bond donors (Lipinski definition) is 1. The second kappa shape index (κ2) is 9.80. The third-order valence-corrected chi connectivity index (χ3v) is 5.22. The van der Waals surface area contributed by atoms with E-state index in [0.717, 1.165) is 0 Å². The smallest absolute Gasteiger partial charge is 0.288 e. The highest BCUT2D eigenvalue weighted by Crippen LogP contribution is 2.26. The fourth-order valence-electron chi connectivity index (χ4n) is 3.04. The lowest BCUT2D eigenvalue weighted by atomic mass is 10.1. The minimum atomic E-state index is -2.49. The van der Waals surface area contributed by atoms with Crippen LogP contribution in [0.25, 0.3) is 0 Å². The van der Waals surface area contributed by atoms with E-state index in [1.54, 1.807) is 23.1 Å². The van der Waals surface area contributed by atoms with E-state index in [1.165, 1.54) is 30.3 Å². The number of piperazine rings is 1. The Kier molecular flexibility index (Phi) is 7.16. The monoisotopic (exact) mass is 423 g/mol. The van der Waals surface area contributed by atoms with Gasteiger partial charge in [-0.25, -0.2) is 4.39 Å². The van der Waals surface area contributed by atoms with E-state index < -0.39 is 11.6 Å². The van der Waals surface area contributed by atoms with Gasteiger partial charge in [0.2, 0.25) is 5.91 Å². The van der Waals surface area contributed by atoms with Crippen molar-refractivity contribution in [2.75, 3.05) is 38.0 Å². The van der Waals surface area contributed by atoms with E-state index in [1.807, 2.05) is 4.90 Å². The molecule has 0 saturated carbocycles. The van der Waals surface area contributed by atoms with Crippen molar-refractivity contribution in [2.24, 2.45) is 0 Å². The van der Waals surface area contributed by atoms with Gasteiger partial charge in [-0.1, -0.05) is 23.9 Å². The number of carbonyl (C=O) groups is 2. The normalized spacial score (nSPS) is 14.8. The van der Waals surface area contributed by atoms with E-state index in [4.69, 9.17) is 0 Å². The van der Waals surface area contributed by atoms with E-state index in [-0.39, 0.29) is 23.9 Å². The highest BCUT2D eigenvalue weighted by atomic mass is 32.2. The van der Waals surface area contributed by atoms with Crippen molar-refractivity contribution in [3.8, 4) is 0 Å². The van der Waals surface area contributed by atoms with Crippen molar-refractivity contribution < 1.29 is 22.8 Å². The lowest BCUT2D eigenvalue weighted by molar-refractivity contribution is -0.117. The average molecular weight is 423 g/mol. The van der Waals surface area contributed by atoms with Crippen LogP contribution in [0.15, 0.2) is 53.4 Å². The number of amides is 2. The number of carbonyl (C=O) groups excluding carboxylic acids is 2. The maximum atomic E-state index is 13.8. The van der Waals surface area contributed by atoms with Crippen LogP contribution in [0.5, 0.6) is 0 Å². The van der Waals surface area contributed by atoms with Gasteiger partial charge in [-0.3, -0.25) is 14.5 Å². The van der Waals surface area contributed by atoms with Crippen molar-refractivity contribution in [1.82, 2.24) is 9.80 Å². The van der Waals surface area contributed by atoms with Gasteiger partial charge in [-0.05, 0) is 36.4 Å². The molecule has 0 aromatic heterocycles. The fraction of sp³-hybridized carbons (Fsp3) is 0.300. The van der Waals surface area contributed by atoms with Crippen LogP contribution in [0, 0.1) is 5.82 Å². The minimum absolute atomic E-state index is 0.0483. The molecule has 0 radical (unpaired) electrons. The Morgan fingerprint density at radius 2 is 1.66 bits per heavy atom. The Bertz CT molecular complexity index is 856. The first kappa shape index (κ1) is 21.2. The first-order chi connectivity index (χ1) is 13.9. The molecular formula is C20H20F3N3O2S. The zero-order valence-corrected chi connectivity index (χ0v) is 16.3. The summed E-state index contributed by atoms with van der Waals surface area (Å²) < 4.78 is 38.4. The van der Waals surface area contributed by atoms with Gasteiger partial charge in [-0.15, -0.1) is 0 Å². The minimum Gasteiger partial charge on any atom is -0.336 e. The standard InChI is InChI=1S/C20H20F3N3O2S/c21-17-4-2-1-3-16(17)19(28)26-11-9-25(10-12-26)13-18(27)24-14-5-7-15(8-6-14)29-20(22)23/h1-8,20H,9-13H2,(H,24,27). The molecule has 154 valence electrons. The Labute approximate surface area is 170 Å². The molecule has 1 aliphatic rings. The molecular weight excluding hydrogens is 403 g/mol. The zero-order chi connectivity index (χ0) is 20.8. The first-order valence-corrected chi connectivity index (χ1v) is 9.91. The number of nitrogens with zero attached hydrogens (tertiary/aromatic N) is 2. The van der Waals surface area contributed by atoms with E-state index >= 15 is 0 Å². The van der Waals surface area contributed by atoms with Gasteiger partial charge >= 0.3 is 0 Å². The fourth-order valence-corrected chi connectivity index (χ4v) is 3.54. The van der Waals surface area contributed by atoms with Crippen LogP contribution in [0.2, 0.25) is 0 Å². The summed E-state index contributed by atoms with van der Waals surface area (Å²) in [5.41, 5.74) is 0.578. The quantitative estimate of drug-likeness (QED) is 0.723. The van der Waals surface area contributed by atoms with Crippen LogP contribution >= 0.6 is 11.8 Å². The molecule has 1 N–H and O–H groups in total. The van der Waals surface area contributed by atoms with E-state index in [0.29, 0.717) is 48.5 Å². The van der Waals surface area contributed by atoms with Crippen LogP contribution in [-0.2, 0) is 4.79 Å². The third-order valence-electron chi connectivity index (χ3n) is 4.49. The Hall–Kier alpha value is -2.52.